The molecule has 0 saturated heterocycles. The van der Waals surface area contributed by atoms with Crippen molar-refractivity contribution in [2.24, 2.45) is 10.8 Å². The molecular formula is C18H27NO2S. The maximum Gasteiger partial charge on any atom is 0.125 e. The van der Waals surface area contributed by atoms with E-state index in [1.165, 1.54) is 0 Å². The number of hydrogen-bond donors (Lipinski definition) is 3. The van der Waals surface area contributed by atoms with E-state index in [9.17, 15) is 10.2 Å². The molecule has 1 aliphatic rings. The lowest BCUT2D eigenvalue weighted by Crippen LogP contribution is -2.45. The summed E-state index contributed by atoms with van der Waals surface area (Å²) in [5, 5.41) is 23.4. The van der Waals surface area contributed by atoms with Crippen molar-refractivity contribution in [1.82, 2.24) is 5.32 Å². The van der Waals surface area contributed by atoms with E-state index in [1.54, 1.807) is 6.07 Å². The van der Waals surface area contributed by atoms with Crippen LogP contribution in [0.3, 0.4) is 0 Å². The highest BCUT2D eigenvalue weighted by molar-refractivity contribution is 7.80. The number of benzene rings is 1. The quantitative estimate of drug-likeness (QED) is 0.745. The number of thiocarbonyl (C=S) groups is 1. The molecule has 1 aromatic carbocycles. The molecule has 0 aliphatic heterocycles. The van der Waals surface area contributed by atoms with Crippen LogP contribution in [0.1, 0.15) is 51.2 Å². The third kappa shape index (κ3) is 4.20. The minimum atomic E-state index is -0.253. The minimum Gasteiger partial charge on any atom is -0.507 e. The Kier molecular flexibility index (Phi) is 4.83. The summed E-state index contributed by atoms with van der Waals surface area (Å²) >= 11 is 5.44. The second-order valence-electron chi connectivity index (χ2n) is 7.92. The number of aryl methyl sites for hydroxylation is 1. The van der Waals surface area contributed by atoms with Crippen molar-refractivity contribution in [3.05, 3.63) is 29.3 Å². The Balaban J connectivity index is 2.05. The maximum atomic E-state index is 10.1. The largest absolute Gasteiger partial charge is 0.507 e. The van der Waals surface area contributed by atoms with Crippen molar-refractivity contribution in [3.63, 3.8) is 0 Å². The Morgan fingerprint density at radius 2 is 2.00 bits per heavy atom. The molecule has 4 heteroatoms. The first-order valence-corrected chi connectivity index (χ1v) is 8.27. The van der Waals surface area contributed by atoms with Gasteiger partial charge in [-0.05, 0) is 49.1 Å². The van der Waals surface area contributed by atoms with Crippen molar-refractivity contribution in [2.45, 2.75) is 53.1 Å². The van der Waals surface area contributed by atoms with E-state index in [0.29, 0.717) is 17.1 Å². The van der Waals surface area contributed by atoms with E-state index in [4.69, 9.17) is 12.2 Å². The minimum absolute atomic E-state index is 0.00463. The number of phenols is 1. The van der Waals surface area contributed by atoms with Crippen molar-refractivity contribution >= 4 is 17.2 Å². The molecule has 0 amide bonds. The second kappa shape index (κ2) is 6.17. The fraction of sp³-hybridized carbons (Fsp3) is 0.611. The molecule has 1 fully saturated rings. The third-order valence-electron chi connectivity index (χ3n) is 4.49. The standard InChI is InChI=1S/C18H27NO2S/c1-12-5-6-15(21)14(7-12)16(22)19-11-18(4)9-13(20)8-17(2,3)10-18/h5-7,13,20-21H,8-11H2,1-4H3,(H,19,22)/t13-,18-/m0/s1. The molecule has 0 bridgehead atoms. The van der Waals surface area contributed by atoms with Gasteiger partial charge in [0.15, 0.2) is 0 Å². The van der Waals surface area contributed by atoms with Crippen LogP contribution in [0, 0.1) is 17.8 Å². The lowest BCUT2D eigenvalue weighted by atomic mass is 9.63. The number of aliphatic hydroxyl groups excluding tert-OH is 1. The van der Waals surface area contributed by atoms with Gasteiger partial charge in [0.05, 0.1) is 11.7 Å². The van der Waals surface area contributed by atoms with Gasteiger partial charge in [-0.25, -0.2) is 0 Å². The summed E-state index contributed by atoms with van der Waals surface area (Å²) in [5.41, 5.74) is 1.89. The molecule has 0 radical (unpaired) electrons. The van der Waals surface area contributed by atoms with Crippen molar-refractivity contribution < 1.29 is 10.2 Å². The van der Waals surface area contributed by atoms with E-state index < -0.39 is 0 Å². The van der Waals surface area contributed by atoms with Crippen LogP contribution in [0.2, 0.25) is 0 Å². The third-order valence-corrected chi connectivity index (χ3v) is 4.86. The molecule has 1 saturated carbocycles. The molecule has 2 atom stereocenters. The maximum absolute atomic E-state index is 10.1. The monoisotopic (exact) mass is 321 g/mol. The van der Waals surface area contributed by atoms with Gasteiger partial charge in [-0.3, -0.25) is 0 Å². The van der Waals surface area contributed by atoms with Crippen molar-refractivity contribution in [2.75, 3.05) is 6.54 Å². The molecule has 22 heavy (non-hydrogen) atoms. The molecule has 0 aromatic heterocycles. The second-order valence-corrected chi connectivity index (χ2v) is 8.33. The number of aromatic hydroxyl groups is 1. The SMILES string of the molecule is Cc1ccc(O)c(C(=S)NC[C@@]2(C)C[C@@H](O)CC(C)(C)C2)c1. The Hall–Kier alpha value is -1.13. The van der Waals surface area contributed by atoms with Gasteiger partial charge in [0.1, 0.15) is 10.7 Å². The predicted octanol–water partition coefficient (Wildman–Crippen LogP) is 3.54. The Morgan fingerprint density at radius 3 is 2.64 bits per heavy atom. The molecule has 0 unspecified atom stereocenters. The zero-order chi connectivity index (χ0) is 16.5. The van der Waals surface area contributed by atoms with E-state index in [-0.39, 0.29) is 22.7 Å². The van der Waals surface area contributed by atoms with E-state index >= 15 is 0 Å². The summed E-state index contributed by atoms with van der Waals surface area (Å²) in [5.74, 6) is 0.206. The van der Waals surface area contributed by atoms with E-state index in [0.717, 1.165) is 24.8 Å². The number of phenolic OH excluding ortho intramolecular Hbond substituents is 1. The zero-order valence-electron chi connectivity index (χ0n) is 13.9. The Labute approximate surface area is 138 Å². The van der Waals surface area contributed by atoms with Crippen LogP contribution in [0.15, 0.2) is 18.2 Å². The molecule has 3 nitrogen and oxygen atoms in total. The van der Waals surface area contributed by atoms with Crippen LogP contribution in [0.4, 0.5) is 0 Å². The average molecular weight is 321 g/mol. The van der Waals surface area contributed by atoms with Gasteiger partial charge < -0.3 is 15.5 Å². The van der Waals surface area contributed by atoms with E-state index in [1.807, 2.05) is 19.1 Å². The summed E-state index contributed by atoms with van der Waals surface area (Å²) in [4.78, 5) is 0.570. The van der Waals surface area contributed by atoms with Gasteiger partial charge in [-0.15, -0.1) is 0 Å². The smallest absolute Gasteiger partial charge is 0.125 e. The van der Waals surface area contributed by atoms with Crippen molar-refractivity contribution in [3.8, 4) is 5.75 Å². The van der Waals surface area contributed by atoms with Gasteiger partial charge in [-0.1, -0.05) is 44.6 Å². The first-order chi connectivity index (χ1) is 10.1. The van der Waals surface area contributed by atoms with Gasteiger partial charge in [0.2, 0.25) is 0 Å². The fourth-order valence-corrected chi connectivity index (χ4v) is 4.17. The molecule has 1 aromatic rings. The first kappa shape index (κ1) is 17.2. The average Bonchev–Trinajstić information content (AvgIpc) is 2.36. The van der Waals surface area contributed by atoms with Crippen LogP contribution in [-0.4, -0.2) is 27.9 Å². The van der Waals surface area contributed by atoms with Crippen LogP contribution in [0.5, 0.6) is 5.75 Å². The van der Waals surface area contributed by atoms with Gasteiger partial charge in [-0.2, -0.15) is 0 Å². The van der Waals surface area contributed by atoms with E-state index in [2.05, 4.69) is 26.1 Å². The number of rotatable bonds is 3. The fourth-order valence-electron chi connectivity index (χ4n) is 3.93. The highest BCUT2D eigenvalue weighted by atomic mass is 32.1. The van der Waals surface area contributed by atoms with Gasteiger partial charge in [0.25, 0.3) is 0 Å². The van der Waals surface area contributed by atoms with Crippen LogP contribution in [-0.2, 0) is 0 Å². The Morgan fingerprint density at radius 1 is 1.32 bits per heavy atom. The highest BCUT2D eigenvalue weighted by Crippen LogP contribution is 2.45. The van der Waals surface area contributed by atoms with Crippen molar-refractivity contribution in [1.29, 1.82) is 0 Å². The summed E-state index contributed by atoms with van der Waals surface area (Å²) in [6.45, 7) is 9.30. The molecule has 1 aliphatic carbocycles. The molecule has 0 spiro atoms. The molecule has 2 rings (SSSR count). The number of hydrogen-bond acceptors (Lipinski definition) is 3. The zero-order valence-corrected chi connectivity index (χ0v) is 14.8. The lowest BCUT2D eigenvalue weighted by molar-refractivity contribution is -0.00680. The van der Waals surface area contributed by atoms with Crippen LogP contribution < -0.4 is 5.32 Å². The van der Waals surface area contributed by atoms with Crippen LogP contribution in [0.25, 0.3) is 0 Å². The van der Waals surface area contributed by atoms with Gasteiger partial charge in [0, 0.05) is 6.54 Å². The summed E-state index contributed by atoms with van der Waals surface area (Å²) in [6.07, 6.45) is 2.43. The number of nitrogens with one attached hydrogen (secondary N) is 1. The number of aliphatic hydroxyl groups is 1. The lowest BCUT2D eigenvalue weighted by Gasteiger charge is -2.45. The Bertz CT molecular complexity index is 570. The summed E-state index contributed by atoms with van der Waals surface area (Å²) < 4.78 is 0. The summed E-state index contributed by atoms with van der Waals surface area (Å²) in [6, 6.07) is 5.43. The van der Waals surface area contributed by atoms with Gasteiger partial charge >= 0.3 is 0 Å². The topological polar surface area (TPSA) is 52.5 Å². The normalized spacial score (nSPS) is 27.4. The molecule has 0 heterocycles. The predicted molar refractivity (Wildman–Crippen MR) is 94.3 cm³/mol. The van der Waals surface area contributed by atoms with Crippen LogP contribution >= 0.6 is 12.2 Å². The first-order valence-electron chi connectivity index (χ1n) is 7.86. The molecule has 122 valence electrons. The molecule has 3 N–H and O–H groups in total. The summed E-state index contributed by atoms with van der Waals surface area (Å²) in [7, 11) is 0. The molecular weight excluding hydrogens is 294 g/mol. The highest BCUT2D eigenvalue weighted by Gasteiger charge is 2.40.